The van der Waals surface area contributed by atoms with Gasteiger partial charge in [-0.05, 0) is 72.7 Å². The van der Waals surface area contributed by atoms with Gasteiger partial charge in [-0.2, -0.15) is 0 Å². The van der Waals surface area contributed by atoms with Crippen molar-refractivity contribution in [3.8, 4) is 0 Å². The van der Waals surface area contributed by atoms with Crippen molar-refractivity contribution in [2.24, 2.45) is 11.7 Å². The fourth-order valence-electron chi connectivity index (χ4n) is 2.80. The van der Waals surface area contributed by atoms with Crippen LogP contribution in [0.25, 0.3) is 0 Å². The summed E-state index contributed by atoms with van der Waals surface area (Å²) in [5, 5.41) is 3.13. The van der Waals surface area contributed by atoms with Crippen LogP contribution < -0.4 is 11.1 Å². The monoisotopic (exact) mass is 416 g/mol. The van der Waals surface area contributed by atoms with Crippen LogP contribution in [-0.2, 0) is 0 Å². The Morgan fingerprint density at radius 2 is 2.05 bits per heavy atom. The molecule has 0 atom stereocenters. The Morgan fingerprint density at radius 1 is 1.43 bits per heavy atom. The number of carbonyl (C=O) groups excluding carboxylic acids is 1. The molecule has 2 rings (SSSR count). The van der Waals surface area contributed by atoms with Crippen molar-refractivity contribution in [3.63, 3.8) is 0 Å². The van der Waals surface area contributed by atoms with Crippen molar-refractivity contribution in [1.29, 1.82) is 0 Å². The van der Waals surface area contributed by atoms with Gasteiger partial charge >= 0.3 is 0 Å². The number of hydrogen-bond donors (Lipinski definition) is 2. The summed E-state index contributed by atoms with van der Waals surface area (Å²) in [6.07, 6.45) is 3.75. The summed E-state index contributed by atoms with van der Waals surface area (Å²) in [6.45, 7) is 4.24. The van der Waals surface area contributed by atoms with Gasteiger partial charge in [-0.25, -0.2) is 0 Å². The van der Waals surface area contributed by atoms with Gasteiger partial charge in [-0.1, -0.05) is 31.3 Å². The number of benzene rings is 1. The summed E-state index contributed by atoms with van der Waals surface area (Å²) in [6, 6.07) is 5.76. The van der Waals surface area contributed by atoms with Gasteiger partial charge in [-0.15, -0.1) is 0 Å². The van der Waals surface area contributed by atoms with Gasteiger partial charge < -0.3 is 11.1 Å². The molecule has 5 heteroatoms. The van der Waals surface area contributed by atoms with Crippen LogP contribution in [0.15, 0.2) is 18.2 Å². The molecule has 0 bridgehead atoms. The van der Waals surface area contributed by atoms with Gasteiger partial charge in [0, 0.05) is 3.57 Å². The van der Waals surface area contributed by atoms with Gasteiger partial charge in [-0.3, -0.25) is 4.79 Å². The van der Waals surface area contributed by atoms with E-state index in [1.807, 2.05) is 25.1 Å². The van der Waals surface area contributed by atoms with Crippen LogP contribution in [0.3, 0.4) is 0 Å². The number of aryl methyl sites for hydroxylation is 1. The molecule has 1 fully saturated rings. The lowest BCUT2D eigenvalue weighted by Crippen LogP contribution is -2.58. The SMILES string of the molecule is Cc1cccc(C(=O)NC2(C(N)=S)CCC(C)CC2)c1I. The number of halogens is 1. The summed E-state index contributed by atoms with van der Waals surface area (Å²) in [5.74, 6) is 0.592. The highest BCUT2D eigenvalue weighted by atomic mass is 127. The molecule has 3 N–H and O–H groups in total. The Morgan fingerprint density at radius 3 is 2.62 bits per heavy atom. The van der Waals surface area contributed by atoms with Crippen molar-refractivity contribution in [2.45, 2.75) is 45.1 Å². The van der Waals surface area contributed by atoms with E-state index in [-0.39, 0.29) is 5.91 Å². The lowest BCUT2D eigenvalue weighted by molar-refractivity contribution is 0.0899. The molecule has 1 aromatic carbocycles. The van der Waals surface area contributed by atoms with Gasteiger partial charge in [0.15, 0.2) is 0 Å². The Kier molecular flexibility index (Phi) is 5.24. The molecule has 0 aromatic heterocycles. The average molecular weight is 416 g/mol. The molecule has 0 aliphatic heterocycles. The standard InChI is InChI=1S/C16H21IN2OS/c1-10-6-8-16(9-7-10,15(18)21)19-14(20)12-5-3-4-11(2)13(12)17/h3-5,10H,6-9H2,1-2H3,(H2,18,21)(H,19,20). The Balaban J connectivity index is 2.23. The second-order valence-corrected chi connectivity index (χ2v) is 7.54. The number of nitrogens with one attached hydrogen (secondary N) is 1. The first-order valence-corrected chi connectivity index (χ1v) is 8.72. The van der Waals surface area contributed by atoms with Crippen molar-refractivity contribution >= 4 is 45.7 Å². The van der Waals surface area contributed by atoms with E-state index in [1.54, 1.807) is 0 Å². The highest BCUT2D eigenvalue weighted by Crippen LogP contribution is 2.32. The van der Waals surface area contributed by atoms with E-state index >= 15 is 0 Å². The van der Waals surface area contributed by atoms with Crippen molar-refractivity contribution < 1.29 is 4.79 Å². The first kappa shape index (κ1) is 16.7. The van der Waals surface area contributed by atoms with E-state index in [0.717, 1.165) is 34.8 Å². The quantitative estimate of drug-likeness (QED) is 0.585. The van der Waals surface area contributed by atoms with Crippen LogP contribution in [0, 0.1) is 16.4 Å². The second kappa shape index (κ2) is 6.60. The van der Waals surface area contributed by atoms with Gasteiger partial charge in [0.1, 0.15) is 0 Å². The van der Waals surface area contributed by atoms with E-state index in [0.29, 0.717) is 16.5 Å². The smallest absolute Gasteiger partial charge is 0.253 e. The lowest BCUT2D eigenvalue weighted by Gasteiger charge is -2.39. The van der Waals surface area contributed by atoms with Crippen LogP contribution in [0.1, 0.15) is 48.5 Å². The zero-order valence-corrected chi connectivity index (χ0v) is 15.4. The van der Waals surface area contributed by atoms with Crippen molar-refractivity contribution in [3.05, 3.63) is 32.9 Å². The topological polar surface area (TPSA) is 55.1 Å². The normalized spacial score (nSPS) is 25.4. The number of thiocarbonyl (C=S) groups is 1. The minimum absolute atomic E-state index is 0.0783. The molecule has 114 valence electrons. The van der Waals surface area contributed by atoms with Crippen molar-refractivity contribution in [1.82, 2.24) is 5.32 Å². The fourth-order valence-corrected chi connectivity index (χ4v) is 3.66. The number of amides is 1. The lowest BCUT2D eigenvalue weighted by atomic mass is 9.77. The molecule has 1 aliphatic rings. The molecule has 0 saturated heterocycles. The fraction of sp³-hybridized carbons (Fsp3) is 0.500. The molecule has 3 nitrogen and oxygen atoms in total. The Hall–Kier alpha value is -0.690. The Bertz CT molecular complexity index is 565. The van der Waals surface area contributed by atoms with Crippen LogP contribution in [-0.4, -0.2) is 16.4 Å². The molecule has 1 saturated carbocycles. The van der Waals surface area contributed by atoms with E-state index in [2.05, 4.69) is 34.8 Å². The van der Waals surface area contributed by atoms with Gasteiger partial charge in [0.25, 0.3) is 5.91 Å². The summed E-state index contributed by atoms with van der Waals surface area (Å²) in [5.41, 5.74) is 7.24. The predicted molar refractivity (Wildman–Crippen MR) is 98.5 cm³/mol. The van der Waals surface area contributed by atoms with Crippen LogP contribution in [0.4, 0.5) is 0 Å². The van der Waals surface area contributed by atoms with E-state index in [1.165, 1.54) is 0 Å². The molecule has 1 aliphatic carbocycles. The molecule has 0 unspecified atom stereocenters. The maximum atomic E-state index is 12.6. The minimum Gasteiger partial charge on any atom is -0.391 e. The molecule has 0 heterocycles. The highest BCUT2D eigenvalue weighted by molar-refractivity contribution is 14.1. The van der Waals surface area contributed by atoms with Gasteiger partial charge in [0.2, 0.25) is 0 Å². The van der Waals surface area contributed by atoms with Crippen LogP contribution >= 0.6 is 34.8 Å². The largest absolute Gasteiger partial charge is 0.391 e. The van der Waals surface area contributed by atoms with E-state index < -0.39 is 5.54 Å². The number of hydrogen-bond acceptors (Lipinski definition) is 2. The van der Waals surface area contributed by atoms with Crippen molar-refractivity contribution in [2.75, 3.05) is 0 Å². The highest BCUT2D eigenvalue weighted by Gasteiger charge is 2.38. The second-order valence-electron chi connectivity index (χ2n) is 6.02. The maximum Gasteiger partial charge on any atom is 0.253 e. The first-order valence-electron chi connectivity index (χ1n) is 7.23. The third-order valence-electron chi connectivity index (χ3n) is 4.39. The first-order chi connectivity index (χ1) is 9.85. The third-order valence-corrected chi connectivity index (χ3v) is 6.21. The molecule has 0 radical (unpaired) electrons. The molecule has 1 amide bonds. The summed E-state index contributed by atoms with van der Waals surface area (Å²) >= 11 is 7.47. The number of rotatable bonds is 3. The molecular formula is C16H21IN2OS. The molecule has 1 aromatic rings. The molecule has 0 spiro atoms. The number of nitrogens with two attached hydrogens (primary N) is 1. The molecule has 21 heavy (non-hydrogen) atoms. The van der Waals surface area contributed by atoms with E-state index in [9.17, 15) is 4.79 Å². The Labute approximate surface area is 145 Å². The zero-order valence-electron chi connectivity index (χ0n) is 12.4. The summed E-state index contributed by atoms with van der Waals surface area (Å²) in [4.78, 5) is 13.1. The summed E-state index contributed by atoms with van der Waals surface area (Å²) in [7, 11) is 0. The third kappa shape index (κ3) is 3.56. The van der Waals surface area contributed by atoms with E-state index in [4.69, 9.17) is 18.0 Å². The van der Waals surface area contributed by atoms with Gasteiger partial charge in [0.05, 0.1) is 16.1 Å². The van der Waals surface area contributed by atoms with Crippen LogP contribution in [0.2, 0.25) is 0 Å². The average Bonchev–Trinajstić information content (AvgIpc) is 2.44. The summed E-state index contributed by atoms with van der Waals surface area (Å²) < 4.78 is 0.981. The van der Waals surface area contributed by atoms with Crippen LogP contribution in [0.5, 0.6) is 0 Å². The minimum atomic E-state index is -0.522. The number of carbonyl (C=O) groups is 1. The zero-order chi connectivity index (χ0) is 15.6. The molecular weight excluding hydrogens is 395 g/mol. The predicted octanol–water partition coefficient (Wildman–Crippen LogP) is 3.56. The maximum absolute atomic E-state index is 12.6.